The van der Waals surface area contributed by atoms with Crippen LogP contribution in [0.3, 0.4) is 0 Å². The summed E-state index contributed by atoms with van der Waals surface area (Å²) in [7, 11) is 0. The first kappa shape index (κ1) is 7.03. The molecule has 0 amide bonds. The van der Waals surface area contributed by atoms with Gasteiger partial charge in [0.2, 0.25) is 5.13 Å². The molecule has 1 aromatic rings. The Hall–Kier alpha value is -0.640. The van der Waals surface area contributed by atoms with Crippen molar-refractivity contribution in [3.63, 3.8) is 0 Å². The molecular weight excluding hydrogens is 158 g/mol. The molecule has 1 aliphatic carbocycles. The van der Waals surface area contributed by atoms with Gasteiger partial charge in [-0.3, -0.25) is 0 Å². The van der Waals surface area contributed by atoms with Crippen LogP contribution in [-0.4, -0.2) is 16.2 Å². The van der Waals surface area contributed by atoms with E-state index in [1.165, 1.54) is 6.42 Å². The van der Waals surface area contributed by atoms with Crippen LogP contribution in [0.5, 0.6) is 0 Å². The maximum atomic E-state index is 3.99. The minimum Gasteiger partial charge on any atom is -0.357 e. The molecule has 2 rings (SSSR count). The number of hydrogen-bond donors (Lipinski definition) is 1. The van der Waals surface area contributed by atoms with Gasteiger partial charge in [-0.05, 0) is 19.3 Å². The highest BCUT2D eigenvalue weighted by molar-refractivity contribution is 7.15. The number of nitrogens with zero attached hydrogens (tertiary/aromatic N) is 2. The fourth-order valence-electron chi connectivity index (χ4n) is 1.04. The lowest BCUT2D eigenvalue weighted by Crippen LogP contribution is -2.02. The van der Waals surface area contributed by atoms with E-state index in [4.69, 9.17) is 0 Å². The van der Waals surface area contributed by atoms with Gasteiger partial charge in [0.1, 0.15) is 5.01 Å². The Morgan fingerprint density at radius 1 is 1.55 bits per heavy atom. The van der Waals surface area contributed by atoms with Crippen molar-refractivity contribution in [1.82, 2.24) is 10.2 Å². The van der Waals surface area contributed by atoms with Gasteiger partial charge in [-0.25, -0.2) is 0 Å². The molecule has 60 valence electrons. The molecule has 2 atom stereocenters. The normalized spacial score (nSPS) is 28.5. The molecule has 0 spiro atoms. The first-order chi connectivity index (χ1) is 5.25. The largest absolute Gasteiger partial charge is 0.357 e. The Balaban J connectivity index is 1.96. The van der Waals surface area contributed by atoms with Crippen LogP contribution in [0, 0.1) is 12.8 Å². The molecule has 0 aliphatic heterocycles. The molecular formula is C7H11N3S. The quantitative estimate of drug-likeness (QED) is 0.731. The molecule has 1 saturated carbocycles. The summed E-state index contributed by atoms with van der Waals surface area (Å²) in [4.78, 5) is 0. The van der Waals surface area contributed by atoms with E-state index in [0.717, 1.165) is 16.1 Å². The van der Waals surface area contributed by atoms with Crippen LogP contribution in [0.15, 0.2) is 0 Å². The van der Waals surface area contributed by atoms with Gasteiger partial charge in [-0.15, -0.1) is 10.2 Å². The average molecular weight is 169 g/mol. The van der Waals surface area contributed by atoms with Crippen LogP contribution in [-0.2, 0) is 0 Å². The van der Waals surface area contributed by atoms with Crippen molar-refractivity contribution in [2.24, 2.45) is 5.92 Å². The van der Waals surface area contributed by atoms with Gasteiger partial charge < -0.3 is 5.32 Å². The summed E-state index contributed by atoms with van der Waals surface area (Å²) in [6.07, 6.45) is 1.28. The molecule has 1 N–H and O–H groups in total. The van der Waals surface area contributed by atoms with Crippen molar-refractivity contribution in [2.75, 3.05) is 5.32 Å². The molecule has 1 aromatic heterocycles. The van der Waals surface area contributed by atoms with E-state index in [1.54, 1.807) is 11.3 Å². The molecule has 0 radical (unpaired) electrons. The van der Waals surface area contributed by atoms with Gasteiger partial charge in [0.05, 0.1) is 0 Å². The number of aryl methyl sites for hydroxylation is 1. The van der Waals surface area contributed by atoms with E-state index in [9.17, 15) is 0 Å². The lowest BCUT2D eigenvalue weighted by Gasteiger charge is -1.95. The van der Waals surface area contributed by atoms with Crippen LogP contribution in [0.2, 0.25) is 0 Å². The number of anilines is 1. The standard InChI is InChI=1S/C7H11N3S/c1-4-3-6(4)8-7-10-9-5(2)11-7/h4,6H,3H2,1-2H3,(H,8,10). The molecule has 0 bridgehead atoms. The van der Waals surface area contributed by atoms with E-state index in [0.29, 0.717) is 6.04 Å². The van der Waals surface area contributed by atoms with Crippen molar-refractivity contribution in [3.8, 4) is 0 Å². The third-order valence-electron chi connectivity index (χ3n) is 1.94. The van der Waals surface area contributed by atoms with Crippen molar-refractivity contribution in [3.05, 3.63) is 5.01 Å². The fourth-order valence-corrected chi connectivity index (χ4v) is 1.69. The zero-order valence-corrected chi connectivity index (χ0v) is 7.48. The van der Waals surface area contributed by atoms with E-state index < -0.39 is 0 Å². The molecule has 4 heteroatoms. The number of rotatable bonds is 2. The Morgan fingerprint density at radius 2 is 2.27 bits per heavy atom. The van der Waals surface area contributed by atoms with Crippen LogP contribution < -0.4 is 5.32 Å². The summed E-state index contributed by atoms with van der Waals surface area (Å²) < 4.78 is 0. The van der Waals surface area contributed by atoms with E-state index in [2.05, 4.69) is 22.4 Å². The predicted octanol–water partition coefficient (Wildman–Crippen LogP) is 1.67. The highest BCUT2D eigenvalue weighted by Gasteiger charge is 2.32. The first-order valence-corrected chi connectivity index (χ1v) is 4.64. The molecule has 1 aliphatic rings. The summed E-state index contributed by atoms with van der Waals surface area (Å²) in [6.45, 7) is 4.21. The van der Waals surface area contributed by atoms with Crippen molar-refractivity contribution < 1.29 is 0 Å². The summed E-state index contributed by atoms with van der Waals surface area (Å²) in [5, 5.41) is 13.2. The Morgan fingerprint density at radius 3 is 2.73 bits per heavy atom. The van der Waals surface area contributed by atoms with E-state index in [-0.39, 0.29) is 0 Å². The van der Waals surface area contributed by atoms with Gasteiger partial charge in [0.25, 0.3) is 0 Å². The summed E-state index contributed by atoms with van der Waals surface area (Å²) in [5.41, 5.74) is 0. The number of nitrogens with one attached hydrogen (secondary N) is 1. The van der Waals surface area contributed by atoms with Crippen molar-refractivity contribution in [2.45, 2.75) is 26.3 Å². The lowest BCUT2D eigenvalue weighted by molar-refractivity contribution is 0.920. The van der Waals surface area contributed by atoms with Gasteiger partial charge in [-0.2, -0.15) is 0 Å². The molecule has 1 heterocycles. The molecule has 0 saturated heterocycles. The first-order valence-electron chi connectivity index (χ1n) is 3.82. The van der Waals surface area contributed by atoms with Crippen LogP contribution in [0.25, 0.3) is 0 Å². The van der Waals surface area contributed by atoms with E-state index >= 15 is 0 Å². The SMILES string of the molecule is Cc1nnc(NC2CC2C)s1. The second kappa shape index (κ2) is 2.44. The third kappa shape index (κ3) is 1.50. The van der Waals surface area contributed by atoms with Crippen molar-refractivity contribution >= 4 is 16.5 Å². The zero-order valence-electron chi connectivity index (χ0n) is 6.66. The second-order valence-corrected chi connectivity index (χ2v) is 4.27. The number of hydrogen-bond acceptors (Lipinski definition) is 4. The average Bonchev–Trinajstić information content (AvgIpc) is 2.42. The van der Waals surface area contributed by atoms with Crippen LogP contribution in [0.1, 0.15) is 18.4 Å². The molecule has 0 aromatic carbocycles. The molecule has 3 nitrogen and oxygen atoms in total. The minimum absolute atomic E-state index is 0.655. The number of aromatic nitrogens is 2. The summed E-state index contributed by atoms with van der Waals surface area (Å²) >= 11 is 1.62. The summed E-state index contributed by atoms with van der Waals surface area (Å²) in [5.74, 6) is 0.819. The van der Waals surface area contributed by atoms with Gasteiger partial charge in [0.15, 0.2) is 0 Å². The summed E-state index contributed by atoms with van der Waals surface area (Å²) in [6, 6.07) is 0.655. The maximum absolute atomic E-state index is 3.99. The third-order valence-corrected chi connectivity index (χ3v) is 2.71. The molecule has 11 heavy (non-hydrogen) atoms. The Bertz CT molecular complexity index is 258. The lowest BCUT2D eigenvalue weighted by atomic mass is 10.5. The Kier molecular flexibility index (Phi) is 1.56. The van der Waals surface area contributed by atoms with Gasteiger partial charge in [-0.1, -0.05) is 18.3 Å². The fraction of sp³-hybridized carbons (Fsp3) is 0.714. The predicted molar refractivity (Wildman–Crippen MR) is 45.8 cm³/mol. The highest BCUT2D eigenvalue weighted by Crippen LogP contribution is 2.33. The van der Waals surface area contributed by atoms with E-state index in [1.807, 2.05) is 6.92 Å². The monoisotopic (exact) mass is 169 g/mol. The van der Waals surface area contributed by atoms with Crippen LogP contribution in [0.4, 0.5) is 5.13 Å². The van der Waals surface area contributed by atoms with Crippen LogP contribution >= 0.6 is 11.3 Å². The van der Waals surface area contributed by atoms with Gasteiger partial charge in [0, 0.05) is 6.04 Å². The highest BCUT2D eigenvalue weighted by atomic mass is 32.1. The smallest absolute Gasteiger partial charge is 0.205 e. The molecule has 1 fully saturated rings. The topological polar surface area (TPSA) is 37.8 Å². The maximum Gasteiger partial charge on any atom is 0.205 e. The zero-order chi connectivity index (χ0) is 7.84. The Labute approximate surface area is 69.8 Å². The van der Waals surface area contributed by atoms with Crippen molar-refractivity contribution in [1.29, 1.82) is 0 Å². The molecule has 2 unspecified atom stereocenters. The second-order valence-electron chi connectivity index (χ2n) is 3.09. The van der Waals surface area contributed by atoms with Gasteiger partial charge >= 0.3 is 0 Å². The minimum atomic E-state index is 0.655.